The first-order valence-electron chi connectivity index (χ1n) is 5.15. The van der Waals surface area contributed by atoms with Crippen LogP contribution in [0.25, 0.3) is 5.65 Å². The second-order valence-electron chi connectivity index (χ2n) is 3.99. The number of hydrogen-bond donors (Lipinski definition) is 1. The molecule has 1 atom stereocenters. The van der Waals surface area contributed by atoms with Crippen molar-refractivity contribution in [1.29, 1.82) is 0 Å². The molecule has 2 aromatic heterocycles. The lowest BCUT2D eigenvalue weighted by Gasteiger charge is -2.10. The maximum absolute atomic E-state index is 11.3. The minimum atomic E-state index is -2.88. The van der Waals surface area contributed by atoms with Crippen molar-refractivity contribution in [2.45, 2.75) is 12.5 Å². The van der Waals surface area contributed by atoms with Crippen LogP contribution in [-0.2, 0) is 9.84 Å². The van der Waals surface area contributed by atoms with Gasteiger partial charge in [0.25, 0.3) is 0 Å². The zero-order chi connectivity index (χ0) is 11.9. The maximum Gasteiger partial charge on any atom is 0.200 e. The van der Waals surface area contributed by atoms with Crippen LogP contribution in [0.1, 0.15) is 6.42 Å². The van der Waals surface area contributed by atoms with E-state index in [1.54, 1.807) is 12.1 Å². The summed E-state index contributed by atoms with van der Waals surface area (Å²) >= 11 is 0. The summed E-state index contributed by atoms with van der Waals surface area (Å²) in [6.07, 6.45) is 0.609. The molecule has 1 fully saturated rings. The fourth-order valence-electron chi connectivity index (χ4n) is 1.84. The highest BCUT2D eigenvalue weighted by molar-refractivity contribution is 7.91. The standard InChI is InChI=1S/C8H10N6O2S/c15-17(16)4-3-6(5-17)9-7-1-2-8-10-12-13-14(8)11-7/h1-2,6H,3-5H2,(H,9,11). The Labute approximate surface area is 96.9 Å². The van der Waals surface area contributed by atoms with Crippen molar-refractivity contribution in [1.82, 2.24) is 25.3 Å². The molecule has 9 heteroatoms. The highest BCUT2D eigenvalue weighted by Gasteiger charge is 2.27. The Morgan fingerprint density at radius 2 is 2.29 bits per heavy atom. The zero-order valence-corrected chi connectivity index (χ0v) is 9.63. The third-order valence-corrected chi connectivity index (χ3v) is 4.42. The van der Waals surface area contributed by atoms with Crippen molar-refractivity contribution in [3.05, 3.63) is 12.1 Å². The molecule has 90 valence electrons. The Kier molecular flexibility index (Phi) is 2.21. The van der Waals surface area contributed by atoms with Gasteiger partial charge in [0.15, 0.2) is 15.5 Å². The first kappa shape index (κ1) is 10.4. The molecule has 1 aliphatic heterocycles. The van der Waals surface area contributed by atoms with Crippen LogP contribution < -0.4 is 5.32 Å². The molecule has 2 aromatic rings. The van der Waals surface area contributed by atoms with Gasteiger partial charge in [0.2, 0.25) is 0 Å². The summed E-state index contributed by atoms with van der Waals surface area (Å²) in [6, 6.07) is 3.37. The molecule has 0 saturated carbocycles. The molecular formula is C8H10N6O2S. The second kappa shape index (κ2) is 3.62. The predicted molar refractivity (Wildman–Crippen MR) is 59.3 cm³/mol. The summed E-state index contributed by atoms with van der Waals surface area (Å²) in [6.45, 7) is 0. The number of nitrogens with zero attached hydrogens (tertiary/aromatic N) is 5. The minimum Gasteiger partial charge on any atom is -0.365 e. The fourth-order valence-corrected chi connectivity index (χ4v) is 3.52. The van der Waals surface area contributed by atoms with Crippen molar-refractivity contribution in [3.8, 4) is 0 Å². The van der Waals surface area contributed by atoms with Gasteiger partial charge < -0.3 is 5.32 Å². The molecule has 0 bridgehead atoms. The third kappa shape index (κ3) is 2.05. The molecule has 1 unspecified atom stereocenters. The Morgan fingerprint density at radius 3 is 3.06 bits per heavy atom. The van der Waals surface area contributed by atoms with E-state index in [0.717, 1.165) is 0 Å². The van der Waals surface area contributed by atoms with Crippen molar-refractivity contribution in [2.24, 2.45) is 0 Å². The number of nitrogens with one attached hydrogen (secondary N) is 1. The average molecular weight is 254 g/mol. The van der Waals surface area contributed by atoms with E-state index in [4.69, 9.17) is 0 Å². The molecule has 0 spiro atoms. The first-order valence-corrected chi connectivity index (χ1v) is 6.97. The van der Waals surface area contributed by atoms with Gasteiger partial charge in [0.05, 0.1) is 11.5 Å². The van der Waals surface area contributed by atoms with E-state index in [9.17, 15) is 8.42 Å². The predicted octanol–water partition coefficient (Wildman–Crippen LogP) is -0.882. The van der Waals surface area contributed by atoms with E-state index in [-0.39, 0.29) is 17.5 Å². The molecule has 3 heterocycles. The van der Waals surface area contributed by atoms with E-state index in [1.165, 1.54) is 4.63 Å². The van der Waals surface area contributed by atoms with Gasteiger partial charge >= 0.3 is 0 Å². The third-order valence-electron chi connectivity index (χ3n) is 2.65. The highest BCUT2D eigenvalue weighted by Crippen LogP contribution is 2.15. The minimum absolute atomic E-state index is 0.0820. The lowest BCUT2D eigenvalue weighted by molar-refractivity contribution is 0.602. The fraction of sp³-hybridized carbons (Fsp3) is 0.500. The second-order valence-corrected chi connectivity index (χ2v) is 6.22. The van der Waals surface area contributed by atoms with Crippen molar-refractivity contribution >= 4 is 21.3 Å². The summed E-state index contributed by atoms with van der Waals surface area (Å²) in [5, 5.41) is 18.1. The van der Waals surface area contributed by atoms with Crippen LogP contribution >= 0.6 is 0 Å². The molecule has 8 nitrogen and oxygen atoms in total. The Morgan fingerprint density at radius 1 is 1.41 bits per heavy atom. The van der Waals surface area contributed by atoms with Crippen LogP contribution in [0.3, 0.4) is 0 Å². The molecule has 3 rings (SSSR count). The quantitative estimate of drug-likeness (QED) is 0.742. The lowest BCUT2D eigenvalue weighted by Crippen LogP contribution is -2.21. The average Bonchev–Trinajstić information content (AvgIpc) is 2.84. The van der Waals surface area contributed by atoms with Crippen LogP contribution in [0, 0.1) is 0 Å². The molecular weight excluding hydrogens is 244 g/mol. The van der Waals surface area contributed by atoms with Crippen LogP contribution in [0.5, 0.6) is 0 Å². The number of rotatable bonds is 2. The smallest absolute Gasteiger partial charge is 0.200 e. The molecule has 0 amide bonds. The molecule has 17 heavy (non-hydrogen) atoms. The number of anilines is 1. The Hall–Kier alpha value is -1.77. The van der Waals surface area contributed by atoms with Gasteiger partial charge in [-0.2, -0.15) is 0 Å². The van der Waals surface area contributed by atoms with E-state index in [2.05, 4.69) is 25.9 Å². The van der Waals surface area contributed by atoms with Gasteiger partial charge in [-0.25, -0.2) is 8.42 Å². The molecule has 0 aliphatic carbocycles. The topological polar surface area (TPSA) is 102 Å². The van der Waals surface area contributed by atoms with Gasteiger partial charge in [0, 0.05) is 6.04 Å². The normalized spacial score (nSPS) is 22.9. The van der Waals surface area contributed by atoms with Crippen molar-refractivity contribution in [3.63, 3.8) is 0 Å². The van der Waals surface area contributed by atoms with Crippen molar-refractivity contribution in [2.75, 3.05) is 16.8 Å². The molecule has 1 saturated heterocycles. The molecule has 1 N–H and O–H groups in total. The van der Waals surface area contributed by atoms with Crippen LogP contribution in [0.15, 0.2) is 12.1 Å². The Balaban J connectivity index is 1.81. The lowest BCUT2D eigenvalue weighted by atomic mass is 10.2. The van der Waals surface area contributed by atoms with E-state index >= 15 is 0 Å². The summed E-state index contributed by atoms with van der Waals surface area (Å²) in [5.74, 6) is 0.965. The van der Waals surface area contributed by atoms with Gasteiger partial charge in [-0.3, -0.25) is 0 Å². The van der Waals surface area contributed by atoms with Crippen LogP contribution in [0.2, 0.25) is 0 Å². The molecule has 1 aliphatic rings. The van der Waals surface area contributed by atoms with Gasteiger partial charge in [-0.1, -0.05) is 0 Å². The molecule has 0 radical (unpaired) electrons. The number of sulfone groups is 1. The van der Waals surface area contributed by atoms with Gasteiger partial charge in [-0.05, 0) is 29.0 Å². The van der Waals surface area contributed by atoms with Crippen molar-refractivity contribution < 1.29 is 8.42 Å². The first-order chi connectivity index (χ1) is 8.12. The number of hydrogen-bond acceptors (Lipinski definition) is 7. The highest BCUT2D eigenvalue weighted by atomic mass is 32.2. The summed E-state index contributed by atoms with van der Waals surface area (Å²) in [7, 11) is -2.88. The zero-order valence-electron chi connectivity index (χ0n) is 8.81. The summed E-state index contributed by atoms with van der Waals surface area (Å²) < 4.78 is 23.9. The summed E-state index contributed by atoms with van der Waals surface area (Å²) in [4.78, 5) is 0. The van der Waals surface area contributed by atoms with Gasteiger partial charge in [-0.15, -0.1) is 14.8 Å². The van der Waals surface area contributed by atoms with E-state index in [1.807, 2.05) is 0 Å². The Bertz CT molecular complexity index is 651. The van der Waals surface area contributed by atoms with Crippen LogP contribution in [0.4, 0.5) is 5.82 Å². The van der Waals surface area contributed by atoms with Crippen LogP contribution in [-0.4, -0.2) is 51.2 Å². The van der Waals surface area contributed by atoms with Gasteiger partial charge in [0.1, 0.15) is 5.82 Å². The van der Waals surface area contributed by atoms with E-state index in [0.29, 0.717) is 17.9 Å². The number of aromatic nitrogens is 5. The number of tetrazole rings is 1. The molecule has 0 aromatic carbocycles. The SMILES string of the molecule is O=S1(=O)CCC(Nc2ccc3nnnn3n2)C1. The van der Waals surface area contributed by atoms with E-state index < -0.39 is 9.84 Å². The largest absolute Gasteiger partial charge is 0.365 e. The maximum atomic E-state index is 11.3. The number of fused-ring (bicyclic) bond motifs is 1. The monoisotopic (exact) mass is 254 g/mol. The summed E-state index contributed by atoms with van der Waals surface area (Å²) in [5.41, 5.74) is 0.551.